The summed E-state index contributed by atoms with van der Waals surface area (Å²) in [5, 5.41) is 0. The van der Waals surface area contributed by atoms with Gasteiger partial charge in [-0.3, -0.25) is 0 Å². The van der Waals surface area contributed by atoms with Gasteiger partial charge in [0.25, 0.3) is 0 Å². The standard InChI is InChI=1S/C25H27FN2O2/c1-29-24-12-7-21(17-25(24)30-19-20-5-3-2-4-6-20)18-27-13-15-28(16-14-27)23-10-8-22(26)9-11-23/h2-12,17H,13-16,18-19H2,1H3/p+1. The number of benzene rings is 3. The first-order valence-electron chi connectivity index (χ1n) is 10.4. The fourth-order valence-corrected chi connectivity index (χ4v) is 3.88. The number of hydrogen-bond acceptors (Lipinski definition) is 3. The molecular weight excluding hydrogens is 379 g/mol. The Balaban J connectivity index is 1.36. The number of piperazine rings is 1. The second kappa shape index (κ2) is 9.63. The number of anilines is 1. The summed E-state index contributed by atoms with van der Waals surface area (Å²) in [7, 11) is 1.67. The largest absolute Gasteiger partial charge is 0.493 e. The maximum absolute atomic E-state index is 13.2. The van der Waals surface area contributed by atoms with Crippen molar-refractivity contribution in [2.75, 3.05) is 38.2 Å². The molecule has 0 amide bonds. The fraction of sp³-hybridized carbons (Fsp3) is 0.280. The van der Waals surface area contributed by atoms with E-state index >= 15 is 0 Å². The molecule has 4 rings (SSSR count). The summed E-state index contributed by atoms with van der Waals surface area (Å²) >= 11 is 0. The van der Waals surface area contributed by atoms with E-state index in [0.29, 0.717) is 6.61 Å². The van der Waals surface area contributed by atoms with Crippen molar-refractivity contribution >= 4 is 5.69 Å². The Bertz CT molecular complexity index is 939. The monoisotopic (exact) mass is 407 g/mol. The summed E-state index contributed by atoms with van der Waals surface area (Å²) in [6.45, 7) is 5.49. The Labute approximate surface area is 177 Å². The lowest BCUT2D eigenvalue weighted by atomic mass is 10.1. The molecule has 1 saturated heterocycles. The van der Waals surface area contributed by atoms with Crippen molar-refractivity contribution < 1.29 is 18.8 Å². The molecule has 1 aliphatic rings. The molecule has 0 saturated carbocycles. The molecular formula is C25H28FN2O2+. The van der Waals surface area contributed by atoms with E-state index in [0.717, 1.165) is 55.5 Å². The zero-order valence-electron chi connectivity index (χ0n) is 17.3. The van der Waals surface area contributed by atoms with Gasteiger partial charge < -0.3 is 19.3 Å². The lowest BCUT2D eigenvalue weighted by molar-refractivity contribution is -0.914. The predicted molar refractivity (Wildman–Crippen MR) is 117 cm³/mol. The van der Waals surface area contributed by atoms with E-state index in [2.05, 4.69) is 29.2 Å². The Kier molecular flexibility index (Phi) is 6.50. The van der Waals surface area contributed by atoms with E-state index in [1.165, 1.54) is 22.6 Å². The summed E-state index contributed by atoms with van der Waals surface area (Å²) in [5.41, 5.74) is 3.47. The van der Waals surface area contributed by atoms with Gasteiger partial charge >= 0.3 is 0 Å². The molecule has 1 N–H and O–H groups in total. The molecule has 0 aromatic heterocycles. The van der Waals surface area contributed by atoms with Crippen molar-refractivity contribution in [3.05, 3.63) is 89.7 Å². The Morgan fingerprint density at radius 1 is 0.867 bits per heavy atom. The van der Waals surface area contributed by atoms with Gasteiger partial charge in [0.05, 0.1) is 33.3 Å². The van der Waals surface area contributed by atoms with Crippen molar-refractivity contribution in [3.63, 3.8) is 0 Å². The molecule has 3 aromatic rings. The van der Waals surface area contributed by atoms with Gasteiger partial charge in [-0.2, -0.15) is 0 Å². The lowest BCUT2D eigenvalue weighted by Gasteiger charge is -2.33. The van der Waals surface area contributed by atoms with Crippen LogP contribution in [0.3, 0.4) is 0 Å². The lowest BCUT2D eigenvalue weighted by Crippen LogP contribution is -3.13. The number of methoxy groups -OCH3 is 1. The normalized spacial score (nSPS) is 14.5. The molecule has 4 nitrogen and oxygen atoms in total. The summed E-state index contributed by atoms with van der Waals surface area (Å²) in [5.74, 6) is 1.35. The van der Waals surface area contributed by atoms with Crippen LogP contribution < -0.4 is 19.3 Å². The Morgan fingerprint density at radius 2 is 1.60 bits per heavy atom. The number of quaternary nitrogens is 1. The van der Waals surface area contributed by atoms with Crippen LogP contribution in [0.1, 0.15) is 11.1 Å². The highest BCUT2D eigenvalue weighted by atomic mass is 19.1. The fourth-order valence-electron chi connectivity index (χ4n) is 3.88. The van der Waals surface area contributed by atoms with Crippen LogP contribution in [-0.4, -0.2) is 33.3 Å². The molecule has 30 heavy (non-hydrogen) atoms. The summed E-state index contributed by atoms with van der Waals surface area (Å²) in [6.07, 6.45) is 0. The third kappa shape index (κ3) is 5.10. The van der Waals surface area contributed by atoms with Gasteiger partial charge in [-0.25, -0.2) is 4.39 Å². The minimum atomic E-state index is -0.187. The summed E-state index contributed by atoms with van der Waals surface area (Å²) in [6, 6.07) is 23.1. The molecule has 156 valence electrons. The summed E-state index contributed by atoms with van der Waals surface area (Å²) < 4.78 is 24.7. The van der Waals surface area contributed by atoms with E-state index in [1.54, 1.807) is 7.11 Å². The topological polar surface area (TPSA) is 26.1 Å². The highest BCUT2D eigenvalue weighted by Gasteiger charge is 2.21. The number of rotatable bonds is 7. The molecule has 0 atom stereocenters. The van der Waals surface area contributed by atoms with E-state index in [9.17, 15) is 4.39 Å². The molecule has 1 aliphatic heterocycles. The van der Waals surface area contributed by atoms with Gasteiger partial charge in [-0.1, -0.05) is 30.3 Å². The minimum Gasteiger partial charge on any atom is -0.493 e. The van der Waals surface area contributed by atoms with E-state index in [-0.39, 0.29) is 5.82 Å². The van der Waals surface area contributed by atoms with Crippen LogP contribution in [-0.2, 0) is 13.2 Å². The van der Waals surface area contributed by atoms with Crippen molar-refractivity contribution in [2.24, 2.45) is 0 Å². The molecule has 1 heterocycles. The SMILES string of the molecule is COc1ccc(C[NH+]2CCN(c3ccc(F)cc3)CC2)cc1OCc1ccccc1. The highest BCUT2D eigenvalue weighted by Crippen LogP contribution is 2.28. The van der Waals surface area contributed by atoms with Gasteiger partial charge in [-0.15, -0.1) is 0 Å². The first-order chi connectivity index (χ1) is 14.7. The molecule has 5 heteroatoms. The van der Waals surface area contributed by atoms with Crippen LogP contribution in [0.15, 0.2) is 72.8 Å². The molecule has 0 aliphatic carbocycles. The molecule has 0 spiro atoms. The van der Waals surface area contributed by atoms with Crippen LogP contribution in [0.4, 0.5) is 10.1 Å². The number of ether oxygens (including phenoxy) is 2. The van der Waals surface area contributed by atoms with E-state index < -0.39 is 0 Å². The van der Waals surface area contributed by atoms with E-state index in [4.69, 9.17) is 9.47 Å². The number of nitrogens with zero attached hydrogens (tertiary/aromatic N) is 1. The van der Waals surface area contributed by atoms with Crippen LogP contribution in [0.25, 0.3) is 0 Å². The number of nitrogens with one attached hydrogen (secondary N) is 1. The Morgan fingerprint density at radius 3 is 2.30 bits per heavy atom. The second-order valence-corrected chi connectivity index (χ2v) is 7.65. The second-order valence-electron chi connectivity index (χ2n) is 7.65. The van der Waals surface area contributed by atoms with Crippen molar-refractivity contribution in [3.8, 4) is 11.5 Å². The van der Waals surface area contributed by atoms with Gasteiger partial charge in [-0.05, 0) is 48.0 Å². The quantitative estimate of drug-likeness (QED) is 0.651. The van der Waals surface area contributed by atoms with Crippen molar-refractivity contribution in [1.29, 1.82) is 0 Å². The maximum Gasteiger partial charge on any atom is 0.162 e. The molecule has 0 unspecified atom stereocenters. The molecule has 0 bridgehead atoms. The molecule has 0 radical (unpaired) electrons. The van der Waals surface area contributed by atoms with Gasteiger partial charge in [0, 0.05) is 11.3 Å². The third-order valence-corrected chi connectivity index (χ3v) is 5.58. The van der Waals surface area contributed by atoms with Gasteiger partial charge in [0.1, 0.15) is 19.0 Å². The Hall–Kier alpha value is -3.05. The number of halogens is 1. The van der Waals surface area contributed by atoms with Crippen molar-refractivity contribution in [1.82, 2.24) is 0 Å². The third-order valence-electron chi connectivity index (χ3n) is 5.58. The van der Waals surface area contributed by atoms with Crippen LogP contribution in [0.2, 0.25) is 0 Å². The highest BCUT2D eigenvalue weighted by molar-refractivity contribution is 5.46. The van der Waals surface area contributed by atoms with Gasteiger partial charge in [0.2, 0.25) is 0 Å². The summed E-state index contributed by atoms with van der Waals surface area (Å²) in [4.78, 5) is 3.86. The van der Waals surface area contributed by atoms with Crippen LogP contribution >= 0.6 is 0 Å². The average Bonchev–Trinajstić information content (AvgIpc) is 2.80. The van der Waals surface area contributed by atoms with Crippen LogP contribution in [0.5, 0.6) is 11.5 Å². The molecule has 1 fully saturated rings. The zero-order valence-corrected chi connectivity index (χ0v) is 17.3. The first kappa shape index (κ1) is 20.2. The van der Waals surface area contributed by atoms with Gasteiger partial charge in [0.15, 0.2) is 11.5 Å². The molecule has 3 aromatic carbocycles. The maximum atomic E-state index is 13.2. The van der Waals surface area contributed by atoms with Crippen molar-refractivity contribution in [2.45, 2.75) is 13.2 Å². The zero-order chi connectivity index (χ0) is 20.8. The predicted octanol–water partition coefficient (Wildman–Crippen LogP) is 3.32. The average molecular weight is 408 g/mol. The van der Waals surface area contributed by atoms with E-state index in [1.807, 2.05) is 36.4 Å². The minimum absolute atomic E-state index is 0.187. The van der Waals surface area contributed by atoms with Crippen LogP contribution in [0, 0.1) is 5.82 Å². The smallest absolute Gasteiger partial charge is 0.162 e. The first-order valence-corrected chi connectivity index (χ1v) is 10.4. The number of hydrogen-bond donors (Lipinski definition) is 1.